The highest BCUT2D eigenvalue weighted by molar-refractivity contribution is 6.31. The van der Waals surface area contributed by atoms with Crippen LogP contribution < -0.4 is 10.2 Å². The second-order valence-electron chi connectivity index (χ2n) is 6.93. The van der Waals surface area contributed by atoms with Crippen LogP contribution in [-0.2, 0) is 0 Å². The molecule has 0 unspecified atom stereocenters. The Bertz CT molecular complexity index is 991. The summed E-state index contributed by atoms with van der Waals surface area (Å²) in [5.41, 5.74) is 3.87. The van der Waals surface area contributed by atoms with E-state index in [2.05, 4.69) is 27.1 Å². The molecule has 3 aromatic rings. The number of nitrogens with zero attached hydrogens (tertiary/aromatic N) is 4. The Morgan fingerprint density at radius 1 is 1.15 bits per heavy atom. The van der Waals surface area contributed by atoms with E-state index in [4.69, 9.17) is 11.6 Å². The van der Waals surface area contributed by atoms with Crippen LogP contribution in [0.1, 0.15) is 16.2 Å². The number of aromatic nitrogens is 2. The molecule has 1 N–H and O–H groups in total. The minimum absolute atomic E-state index is 0.240. The Kier molecular flexibility index (Phi) is 4.76. The number of pyridine rings is 1. The van der Waals surface area contributed by atoms with E-state index in [1.165, 1.54) is 0 Å². The van der Waals surface area contributed by atoms with E-state index in [9.17, 15) is 4.79 Å². The van der Waals surface area contributed by atoms with Crippen LogP contribution in [0.2, 0.25) is 5.02 Å². The molecule has 0 radical (unpaired) electrons. The summed E-state index contributed by atoms with van der Waals surface area (Å²) in [6.07, 6.45) is 1.76. The van der Waals surface area contributed by atoms with Gasteiger partial charge in [-0.1, -0.05) is 17.7 Å². The van der Waals surface area contributed by atoms with E-state index in [0.717, 1.165) is 43.2 Å². The number of fused-ring (bicyclic) bond motifs is 1. The first kappa shape index (κ1) is 17.8. The van der Waals surface area contributed by atoms with E-state index in [1.54, 1.807) is 12.3 Å². The second-order valence-corrected chi connectivity index (χ2v) is 7.36. The zero-order valence-corrected chi connectivity index (χ0v) is 16.2. The van der Waals surface area contributed by atoms with Crippen molar-refractivity contribution in [2.45, 2.75) is 6.92 Å². The van der Waals surface area contributed by atoms with Crippen molar-refractivity contribution in [1.82, 2.24) is 14.3 Å². The predicted molar refractivity (Wildman–Crippen MR) is 109 cm³/mol. The molecule has 6 nitrogen and oxygen atoms in total. The van der Waals surface area contributed by atoms with Gasteiger partial charge in [-0.05, 0) is 44.3 Å². The first-order valence-electron chi connectivity index (χ1n) is 9.00. The standard InChI is InChI=1S/C20H22ClN5O/c1-14-4-3-5-19-22-17(13-26(14)19)20(27)23-16-12-15(21)6-7-18(16)25-10-8-24(2)9-11-25/h3-7,12-13H,8-11H2,1-2H3,(H,23,27). The molecule has 0 aliphatic carbocycles. The lowest BCUT2D eigenvalue weighted by molar-refractivity contribution is 0.102. The van der Waals surface area contributed by atoms with Gasteiger partial charge in [0.05, 0.1) is 11.4 Å². The fourth-order valence-corrected chi connectivity index (χ4v) is 3.55. The Morgan fingerprint density at radius 3 is 2.67 bits per heavy atom. The molecular weight excluding hydrogens is 362 g/mol. The Morgan fingerprint density at radius 2 is 1.93 bits per heavy atom. The Balaban J connectivity index is 1.62. The first-order valence-corrected chi connectivity index (χ1v) is 9.38. The molecule has 0 saturated carbocycles. The van der Waals surface area contributed by atoms with Crippen molar-refractivity contribution in [2.75, 3.05) is 43.4 Å². The van der Waals surface area contributed by atoms with Crippen LogP contribution in [0.4, 0.5) is 11.4 Å². The molecule has 27 heavy (non-hydrogen) atoms. The molecular formula is C20H22ClN5O. The van der Waals surface area contributed by atoms with Crippen molar-refractivity contribution >= 4 is 34.5 Å². The molecule has 4 rings (SSSR count). The zero-order chi connectivity index (χ0) is 19.0. The number of halogens is 1. The number of piperazine rings is 1. The molecule has 1 aliphatic rings. The van der Waals surface area contributed by atoms with Crippen LogP contribution in [0.5, 0.6) is 0 Å². The third kappa shape index (κ3) is 3.63. The highest BCUT2D eigenvalue weighted by Crippen LogP contribution is 2.30. The SMILES string of the molecule is Cc1cccc2nc(C(=O)Nc3cc(Cl)ccc3N3CCN(C)CC3)cn12. The number of carbonyl (C=O) groups is 1. The number of aryl methyl sites for hydroxylation is 1. The van der Waals surface area contributed by atoms with Crippen LogP contribution in [0.25, 0.3) is 5.65 Å². The van der Waals surface area contributed by atoms with Gasteiger partial charge in [0.25, 0.3) is 5.91 Å². The lowest BCUT2D eigenvalue weighted by Crippen LogP contribution is -2.44. The summed E-state index contributed by atoms with van der Waals surface area (Å²) in [5, 5.41) is 3.59. The number of hydrogen-bond donors (Lipinski definition) is 1. The highest BCUT2D eigenvalue weighted by atomic mass is 35.5. The monoisotopic (exact) mass is 383 g/mol. The van der Waals surface area contributed by atoms with E-state index in [0.29, 0.717) is 16.4 Å². The molecule has 1 aromatic carbocycles. The molecule has 1 aliphatic heterocycles. The highest BCUT2D eigenvalue weighted by Gasteiger charge is 2.19. The summed E-state index contributed by atoms with van der Waals surface area (Å²) in [7, 11) is 2.12. The van der Waals surface area contributed by atoms with Crippen molar-refractivity contribution < 1.29 is 4.79 Å². The van der Waals surface area contributed by atoms with Gasteiger partial charge in [-0.15, -0.1) is 0 Å². The van der Waals surface area contributed by atoms with Gasteiger partial charge in [-0.2, -0.15) is 0 Å². The maximum atomic E-state index is 12.8. The van der Waals surface area contributed by atoms with Gasteiger partial charge in [0, 0.05) is 43.1 Å². The predicted octanol–water partition coefficient (Wildman–Crippen LogP) is 3.30. The Hall–Kier alpha value is -2.57. The minimum atomic E-state index is -0.240. The number of rotatable bonds is 3. The normalized spacial score (nSPS) is 15.3. The zero-order valence-electron chi connectivity index (χ0n) is 15.4. The molecule has 1 fully saturated rings. The molecule has 0 atom stereocenters. The average molecular weight is 384 g/mol. The lowest BCUT2D eigenvalue weighted by Gasteiger charge is -2.35. The summed E-state index contributed by atoms with van der Waals surface area (Å²) in [6, 6.07) is 11.4. The number of imidazole rings is 1. The average Bonchev–Trinajstić information content (AvgIpc) is 3.09. The number of anilines is 2. The van der Waals surface area contributed by atoms with Gasteiger partial charge in [0.1, 0.15) is 11.3 Å². The van der Waals surface area contributed by atoms with Crippen LogP contribution in [0.3, 0.4) is 0 Å². The number of carbonyl (C=O) groups excluding carboxylic acids is 1. The topological polar surface area (TPSA) is 52.9 Å². The minimum Gasteiger partial charge on any atom is -0.367 e. The molecule has 0 spiro atoms. The number of benzene rings is 1. The fraction of sp³-hybridized carbons (Fsp3) is 0.300. The van der Waals surface area contributed by atoms with E-state index < -0.39 is 0 Å². The number of hydrogen-bond acceptors (Lipinski definition) is 4. The summed E-state index contributed by atoms with van der Waals surface area (Å²) in [5.74, 6) is -0.240. The molecule has 3 heterocycles. The fourth-order valence-electron chi connectivity index (χ4n) is 3.38. The molecule has 7 heteroatoms. The van der Waals surface area contributed by atoms with Gasteiger partial charge < -0.3 is 19.5 Å². The van der Waals surface area contributed by atoms with Crippen molar-refractivity contribution in [2.24, 2.45) is 0 Å². The van der Waals surface area contributed by atoms with Crippen LogP contribution in [0, 0.1) is 6.92 Å². The molecule has 2 aromatic heterocycles. The Labute approximate surface area is 163 Å². The van der Waals surface area contributed by atoms with E-state index >= 15 is 0 Å². The number of likely N-dealkylation sites (N-methyl/N-ethyl adjacent to an activating group) is 1. The van der Waals surface area contributed by atoms with Crippen molar-refractivity contribution in [1.29, 1.82) is 0 Å². The first-order chi connectivity index (χ1) is 13.0. The van der Waals surface area contributed by atoms with Crippen LogP contribution in [-0.4, -0.2) is 53.4 Å². The lowest BCUT2D eigenvalue weighted by atomic mass is 10.2. The summed E-state index contributed by atoms with van der Waals surface area (Å²) in [4.78, 5) is 21.9. The van der Waals surface area contributed by atoms with Gasteiger partial charge in [0.2, 0.25) is 0 Å². The van der Waals surface area contributed by atoms with Gasteiger partial charge in [-0.25, -0.2) is 4.98 Å². The molecule has 1 saturated heterocycles. The largest absolute Gasteiger partial charge is 0.367 e. The molecule has 140 valence electrons. The van der Waals surface area contributed by atoms with Gasteiger partial charge >= 0.3 is 0 Å². The maximum absolute atomic E-state index is 12.8. The summed E-state index contributed by atoms with van der Waals surface area (Å²) < 4.78 is 1.91. The smallest absolute Gasteiger partial charge is 0.275 e. The second kappa shape index (κ2) is 7.21. The quantitative estimate of drug-likeness (QED) is 0.754. The third-order valence-electron chi connectivity index (χ3n) is 4.98. The number of amides is 1. The van der Waals surface area contributed by atoms with E-state index in [1.807, 2.05) is 41.7 Å². The molecule has 1 amide bonds. The van der Waals surface area contributed by atoms with E-state index in [-0.39, 0.29) is 5.91 Å². The maximum Gasteiger partial charge on any atom is 0.275 e. The van der Waals surface area contributed by atoms with Gasteiger partial charge in [-0.3, -0.25) is 4.79 Å². The van der Waals surface area contributed by atoms with Crippen LogP contribution >= 0.6 is 11.6 Å². The number of nitrogens with one attached hydrogen (secondary N) is 1. The van der Waals surface area contributed by atoms with Crippen molar-refractivity contribution in [3.8, 4) is 0 Å². The summed E-state index contributed by atoms with van der Waals surface area (Å²) >= 11 is 6.20. The summed E-state index contributed by atoms with van der Waals surface area (Å²) in [6.45, 7) is 5.78. The van der Waals surface area contributed by atoms with Gasteiger partial charge in [0.15, 0.2) is 0 Å². The third-order valence-corrected chi connectivity index (χ3v) is 5.21. The molecule has 0 bridgehead atoms. The van der Waals surface area contributed by atoms with Crippen LogP contribution in [0.15, 0.2) is 42.6 Å². The van der Waals surface area contributed by atoms with Crippen molar-refractivity contribution in [3.05, 3.63) is 59.0 Å². The van der Waals surface area contributed by atoms with Crippen molar-refractivity contribution in [3.63, 3.8) is 0 Å².